The molecule has 1 heterocycles. The maximum Gasteiger partial charge on any atom is 0.319 e. The third kappa shape index (κ3) is 4.21. The number of halogens is 1. The number of ether oxygens (including phenoxy) is 1. The molecule has 0 saturated carbocycles. The number of carbonyl (C=O) groups excluding carboxylic acids is 1. The van der Waals surface area contributed by atoms with Crippen LogP contribution >= 0.6 is 11.6 Å². The SMILES string of the molecule is CO[C@H](c1ccc(Cl)cc1)[C@@H](C)NC(=O)Nc1cn[nH]c1. The molecule has 2 aromatic rings. The number of H-pyrrole nitrogens is 1. The Balaban J connectivity index is 1.98. The molecule has 0 fully saturated rings. The lowest BCUT2D eigenvalue weighted by Gasteiger charge is -2.24. The van der Waals surface area contributed by atoms with Crippen molar-refractivity contribution in [3.05, 3.63) is 47.2 Å². The molecule has 0 saturated heterocycles. The third-order valence-corrected chi connectivity index (χ3v) is 3.27. The molecule has 0 aliphatic rings. The second kappa shape index (κ2) is 7.10. The summed E-state index contributed by atoms with van der Waals surface area (Å²) in [4.78, 5) is 11.9. The van der Waals surface area contributed by atoms with E-state index in [0.29, 0.717) is 10.7 Å². The highest BCUT2D eigenvalue weighted by atomic mass is 35.5. The highest BCUT2D eigenvalue weighted by molar-refractivity contribution is 6.30. The molecule has 7 heteroatoms. The first-order chi connectivity index (χ1) is 10.1. The fourth-order valence-corrected chi connectivity index (χ4v) is 2.18. The maximum atomic E-state index is 11.9. The summed E-state index contributed by atoms with van der Waals surface area (Å²) in [6.45, 7) is 1.87. The summed E-state index contributed by atoms with van der Waals surface area (Å²) in [6, 6.07) is 6.80. The Labute approximate surface area is 127 Å². The second-order valence-corrected chi connectivity index (χ2v) is 5.02. The van der Waals surface area contributed by atoms with Crippen LogP contribution in [0.2, 0.25) is 5.02 Å². The van der Waals surface area contributed by atoms with Crippen LogP contribution in [0.1, 0.15) is 18.6 Å². The van der Waals surface area contributed by atoms with E-state index >= 15 is 0 Å². The summed E-state index contributed by atoms with van der Waals surface area (Å²) in [5, 5.41) is 12.5. The number of benzene rings is 1. The Kier molecular flexibility index (Phi) is 5.19. The summed E-state index contributed by atoms with van der Waals surface area (Å²) in [6.07, 6.45) is 2.85. The van der Waals surface area contributed by atoms with Crippen LogP contribution in [0.25, 0.3) is 0 Å². The number of anilines is 1. The molecule has 21 heavy (non-hydrogen) atoms. The zero-order chi connectivity index (χ0) is 15.2. The quantitative estimate of drug-likeness (QED) is 0.794. The van der Waals surface area contributed by atoms with E-state index in [1.54, 1.807) is 25.4 Å². The van der Waals surface area contributed by atoms with E-state index < -0.39 is 0 Å². The zero-order valence-electron chi connectivity index (χ0n) is 11.8. The topological polar surface area (TPSA) is 79.0 Å². The first-order valence-corrected chi connectivity index (χ1v) is 6.82. The van der Waals surface area contributed by atoms with Gasteiger partial charge in [-0.2, -0.15) is 5.10 Å². The molecular weight excluding hydrogens is 292 g/mol. The van der Waals surface area contributed by atoms with Crippen LogP contribution in [0.3, 0.4) is 0 Å². The van der Waals surface area contributed by atoms with Gasteiger partial charge < -0.3 is 15.4 Å². The number of carbonyl (C=O) groups is 1. The normalized spacial score (nSPS) is 13.5. The van der Waals surface area contributed by atoms with Crippen molar-refractivity contribution in [1.29, 1.82) is 0 Å². The van der Waals surface area contributed by atoms with E-state index in [1.165, 1.54) is 6.20 Å². The predicted octanol–water partition coefficient (Wildman–Crippen LogP) is 2.96. The number of nitrogens with zero attached hydrogens (tertiary/aromatic N) is 1. The van der Waals surface area contributed by atoms with Crippen LogP contribution in [0, 0.1) is 0 Å². The molecule has 1 aromatic carbocycles. The van der Waals surface area contributed by atoms with Gasteiger partial charge in [0.2, 0.25) is 0 Å². The number of nitrogens with one attached hydrogen (secondary N) is 3. The van der Waals surface area contributed by atoms with Gasteiger partial charge in [0, 0.05) is 18.3 Å². The monoisotopic (exact) mass is 308 g/mol. The van der Waals surface area contributed by atoms with E-state index in [4.69, 9.17) is 16.3 Å². The van der Waals surface area contributed by atoms with Crippen LogP contribution in [-0.2, 0) is 4.74 Å². The molecule has 0 aliphatic heterocycles. The molecule has 2 amide bonds. The summed E-state index contributed by atoms with van der Waals surface area (Å²) < 4.78 is 5.47. The van der Waals surface area contributed by atoms with Crippen molar-refractivity contribution < 1.29 is 9.53 Å². The fourth-order valence-electron chi connectivity index (χ4n) is 2.05. The highest BCUT2D eigenvalue weighted by Gasteiger charge is 2.20. The highest BCUT2D eigenvalue weighted by Crippen LogP contribution is 2.22. The molecule has 0 bridgehead atoms. The van der Waals surface area contributed by atoms with Crippen molar-refractivity contribution in [3.8, 4) is 0 Å². The van der Waals surface area contributed by atoms with Crippen LogP contribution in [0.4, 0.5) is 10.5 Å². The molecule has 0 spiro atoms. The predicted molar refractivity (Wildman–Crippen MR) is 81.4 cm³/mol. The Morgan fingerprint density at radius 2 is 2.10 bits per heavy atom. The Morgan fingerprint density at radius 3 is 2.67 bits per heavy atom. The van der Waals surface area contributed by atoms with Crippen LogP contribution in [-0.4, -0.2) is 29.4 Å². The first kappa shape index (κ1) is 15.3. The molecule has 112 valence electrons. The number of hydrogen-bond acceptors (Lipinski definition) is 3. The molecule has 2 atom stereocenters. The van der Waals surface area contributed by atoms with Crippen LogP contribution in [0.15, 0.2) is 36.7 Å². The minimum Gasteiger partial charge on any atom is -0.375 e. The van der Waals surface area contributed by atoms with Crippen molar-refractivity contribution in [1.82, 2.24) is 15.5 Å². The van der Waals surface area contributed by atoms with E-state index in [1.807, 2.05) is 19.1 Å². The van der Waals surface area contributed by atoms with Gasteiger partial charge in [-0.25, -0.2) is 4.79 Å². The van der Waals surface area contributed by atoms with Gasteiger partial charge in [-0.1, -0.05) is 23.7 Å². The van der Waals surface area contributed by atoms with E-state index in [9.17, 15) is 4.79 Å². The van der Waals surface area contributed by atoms with Crippen molar-refractivity contribution in [2.45, 2.75) is 19.1 Å². The maximum absolute atomic E-state index is 11.9. The summed E-state index contributed by atoms with van der Waals surface area (Å²) in [5.41, 5.74) is 1.54. The smallest absolute Gasteiger partial charge is 0.319 e. The van der Waals surface area contributed by atoms with Gasteiger partial charge in [-0.15, -0.1) is 0 Å². The lowest BCUT2D eigenvalue weighted by Crippen LogP contribution is -2.40. The number of urea groups is 1. The number of amides is 2. The van der Waals surface area contributed by atoms with Crippen LogP contribution < -0.4 is 10.6 Å². The first-order valence-electron chi connectivity index (χ1n) is 6.44. The number of rotatable bonds is 5. The van der Waals surface area contributed by atoms with Gasteiger partial charge in [0.1, 0.15) is 6.10 Å². The van der Waals surface area contributed by atoms with E-state index in [0.717, 1.165) is 5.56 Å². The van der Waals surface area contributed by atoms with Crippen LogP contribution in [0.5, 0.6) is 0 Å². The minimum atomic E-state index is -0.320. The Hall–Kier alpha value is -2.05. The molecule has 3 N–H and O–H groups in total. The Morgan fingerprint density at radius 1 is 1.38 bits per heavy atom. The number of aromatic amines is 1. The molecule has 2 rings (SSSR count). The van der Waals surface area contributed by atoms with Crippen molar-refractivity contribution >= 4 is 23.3 Å². The van der Waals surface area contributed by atoms with Gasteiger partial charge in [0.25, 0.3) is 0 Å². The zero-order valence-corrected chi connectivity index (χ0v) is 12.5. The summed E-state index contributed by atoms with van der Waals surface area (Å²) in [5.74, 6) is 0. The van der Waals surface area contributed by atoms with Crippen molar-refractivity contribution in [3.63, 3.8) is 0 Å². The second-order valence-electron chi connectivity index (χ2n) is 4.58. The third-order valence-electron chi connectivity index (χ3n) is 3.02. The number of methoxy groups -OCH3 is 1. The summed E-state index contributed by atoms with van der Waals surface area (Å²) >= 11 is 5.87. The molecular formula is C14H17ClN4O2. The molecule has 6 nitrogen and oxygen atoms in total. The average Bonchev–Trinajstić information content (AvgIpc) is 2.94. The van der Waals surface area contributed by atoms with Gasteiger partial charge in [0.05, 0.1) is 17.9 Å². The minimum absolute atomic E-state index is 0.219. The van der Waals surface area contributed by atoms with Crippen molar-refractivity contribution in [2.75, 3.05) is 12.4 Å². The van der Waals surface area contributed by atoms with E-state index in [2.05, 4.69) is 20.8 Å². The fraction of sp³-hybridized carbons (Fsp3) is 0.286. The van der Waals surface area contributed by atoms with Gasteiger partial charge in [0.15, 0.2) is 0 Å². The molecule has 0 aliphatic carbocycles. The van der Waals surface area contributed by atoms with Gasteiger partial charge in [-0.05, 0) is 24.6 Å². The Bertz CT molecular complexity index is 571. The van der Waals surface area contributed by atoms with Gasteiger partial charge in [-0.3, -0.25) is 5.10 Å². The molecule has 0 unspecified atom stereocenters. The summed E-state index contributed by atoms with van der Waals surface area (Å²) in [7, 11) is 1.60. The number of aromatic nitrogens is 2. The molecule has 0 radical (unpaired) electrons. The molecule has 1 aromatic heterocycles. The largest absolute Gasteiger partial charge is 0.375 e. The van der Waals surface area contributed by atoms with Gasteiger partial charge >= 0.3 is 6.03 Å². The standard InChI is InChI=1S/C14H17ClN4O2/c1-9(18-14(20)19-12-7-16-17-8-12)13(21-2)10-3-5-11(15)6-4-10/h3-9,13H,1-2H3,(H,16,17)(H2,18,19,20)/t9-,13+/m1/s1. The van der Waals surface area contributed by atoms with Crippen molar-refractivity contribution in [2.24, 2.45) is 0 Å². The van der Waals surface area contributed by atoms with E-state index in [-0.39, 0.29) is 18.2 Å². The number of hydrogen-bond donors (Lipinski definition) is 3. The lowest BCUT2D eigenvalue weighted by atomic mass is 10.0. The average molecular weight is 309 g/mol. The lowest BCUT2D eigenvalue weighted by molar-refractivity contribution is 0.0770.